The fourth-order valence-electron chi connectivity index (χ4n) is 1.55. The molecule has 1 aromatic rings. The number of ether oxygens (including phenoxy) is 1. The number of hydrogen-bond donors (Lipinski definition) is 2. The monoisotopic (exact) mass is 377 g/mol. The summed E-state index contributed by atoms with van der Waals surface area (Å²) in [6, 6.07) is 6.41. The van der Waals surface area contributed by atoms with E-state index in [9.17, 15) is 0 Å². The molecule has 0 aliphatic heterocycles. The van der Waals surface area contributed by atoms with Crippen molar-refractivity contribution in [3.63, 3.8) is 0 Å². The first-order valence-electron chi connectivity index (χ1n) is 6.26. The van der Waals surface area contributed by atoms with Gasteiger partial charge in [0.15, 0.2) is 5.96 Å². The number of methoxy groups -OCH3 is 1. The van der Waals surface area contributed by atoms with Crippen molar-refractivity contribution in [2.75, 3.05) is 7.11 Å². The number of rotatable bonds is 5. The Morgan fingerprint density at radius 1 is 1.47 bits per heavy atom. The van der Waals surface area contributed by atoms with Crippen molar-refractivity contribution < 1.29 is 4.74 Å². The van der Waals surface area contributed by atoms with Crippen LogP contribution in [-0.4, -0.2) is 19.1 Å². The lowest BCUT2D eigenvalue weighted by atomic mass is 10.1. The van der Waals surface area contributed by atoms with Crippen molar-refractivity contribution in [3.05, 3.63) is 29.3 Å². The highest BCUT2D eigenvalue weighted by Gasteiger charge is 2.03. The van der Waals surface area contributed by atoms with E-state index in [0.717, 1.165) is 17.7 Å². The number of nitrogens with zero attached hydrogens (tertiary/aromatic N) is 1. The highest BCUT2D eigenvalue weighted by molar-refractivity contribution is 14.0. The van der Waals surface area contributed by atoms with Gasteiger partial charge < -0.3 is 15.8 Å². The molecule has 0 amide bonds. The van der Waals surface area contributed by atoms with Crippen LogP contribution in [0.4, 0.5) is 0 Å². The minimum absolute atomic E-state index is 0. The molecule has 0 saturated heterocycles. The molecule has 3 N–H and O–H groups in total. The van der Waals surface area contributed by atoms with Gasteiger partial charge in [-0.3, -0.25) is 0 Å². The third-order valence-electron chi connectivity index (χ3n) is 2.87. The second kappa shape index (κ2) is 9.01. The third-order valence-corrected chi connectivity index (χ3v) is 2.87. The fraction of sp³-hybridized carbons (Fsp3) is 0.500. The molecular formula is C14H24IN3O. The van der Waals surface area contributed by atoms with Gasteiger partial charge in [0.05, 0.1) is 13.7 Å². The van der Waals surface area contributed by atoms with Gasteiger partial charge in [-0.15, -0.1) is 24.0 Å². The van der Waals surface area contributed by atoms with E-state index in [1.54, 1.807) is 7.11 Å². The number of guanidine groups is 1. The van der Waals surface area contributed by atoms with Crippen LogP contribution in [0.1, 0.15) is 31.4 Å². The van der Waals surface area contributed by atoms with Crippen LogP contribution in [0, 0.1) is 6.92 Å². The summed E-state index contributed by atoms with van der Waals surface area (Å²) in [5.41, 5.74) is 8.03. The maximum atomic E-state index is 5.82. The van der Waals surface area contributed by atoms with E-state index in [-0.39, 0.29) is 24.0 Å². The van der Waals surface area contributed by atoms with Crippen LogP contribution in [0.25, 0.3) is 0 Å². The number of nitrogens with two attached hydrogens (primary N) is 1. The first-order valence-corrected chi connectivity index (χ1v) is 6.26. The van der Waals surface area contributed by atoms with E-state index < -0.39 is 0 Å². The standard InChI is InChI=1S/C14H23N3O.HI/c1-5-11(3)17-14(15)16-9-12-7-6-10(2)8-13(12)18-4;/h6-8,11H,5,9H2,1-4H3,(H3,15,16,17);1H. The summed E-state index contributed by atoms with van der Waals surface area (Å²) in [5, 5.41) is 3.14. The number of aliphatic imine (C=N–C) groups is 1. The molecule has 0 radical (unpaired) electrons. The van der Waals surface area contributed by atoms with E-state index >= 15 is 0 Å². The Bertz CT molecular complexity index is 421. The third kappa shape index (κ3) is 6.13. The summed E-state index contributed by atoms with van der Waals surface area (Å²) in [5.74, 6) is 1.34. The van der Waals surface area contributed by atoms with Gasteiger partial charge in [-0.2, -0.15) is 0 Å². The molecule has 108 valence electrons. The Hall–Kier alpha value is -0.980. The van der Waals surface area contributed by atoms with E-state index in [1.807, 2.05) is 25.1 Å². The lowest BCUT2D eigenvalue weighted by Gasteiger charge is -2.12. The fourth-order valence-corrected chi connectivity index (χ4v) is 1.55. The average molecular weight is 377 g/mol. The predicted octanol–water partition coefficient (Wildman–Crippen LogP) is 2.82. The predicted molar refractivity (Wildman–Crippen MR) is 91.4 cm³/mol. The van der Waals surface area contributed by atoms with Crippen molar-refractivity contribution in [1.29, 1.82) is 0 Å². The molecule has 1 atom stereocenters. The van der Waals surface area contributed by atoms with E-state index in [2.05, 4.69) is 24.2 Å². The molecule has 0 saturated carbocycles. The first-order chi connectivity index (χ1) is 8.56. The smallest absolute Gasteiger partial charge is 0.189 e. The maximum absolute atomic E-state index is 5.82. The molecule has 1 unspecified atom stereocenters. The first kappa shape index (κ1) is 18.0. The SMILES string of the molecule is CCC(C)NC(N)=NCc1ccc(C)cc1OC.I. The van der Waals surface area contributed by atoms with Crippen LogP contribution >= 0.6 is 24.0 Å². The van der Waals surface area contributed by atoms with Gasteiger partial charge >= 0.3 is 0 Å². The van der Waals surface area contributed by atoms with E-state index in [0.29, 0.717) is 18.5 Å². The topological polar surface area (TPSA) is 59.6 Å². The maximum Gasteiger partial charge on any atom is 0.189 e. The van der Waals surface area contributed by atoms with Crippen LogP contribution in [0.5, 0.6) is 5.75 Å². The molecule has 4 nitrogen and oxygen atoms in total. The summed E-state index contributed by atoms with van der Waals surface area (Å²) in [4.78, 5) is 4.32. The van der Waals surface area contributed by atoms with Crippen molar-refractivity contribution >= 4 is 29.9 Å². The molecule has 19 heavy (non-hydrogen) atoms. The molecule has 1 rings (SSSR count). The highest BCUT2D eigenvalue weighted by Crippen LogP contribution is 2.20. The lowest BCUT2D eigenvalue weighted by Crippen LogP contribution is -2.38. The number of aryl methyl sites for hydroxylation is 1. The van der Waals surface area contributed by atoms with Gasteiger partial charge in [-0.05, 0) is 31.9 Å². The molecule has 1 aromatic carbocycles. The normalized spacial score (nSPS) is 12.5. The van der Waals surface area contributed by atoms with Crippen LogP contribution in [0.3, 0.4) is 0 Å². The Morgan fingerprint density at radius 2 is 2.16 bits per heavy atom. The van der Waals surface area contributed by atoms with Crippen LogP contribution in [0.2, 0.25) is 0 Å². The van der Waals surface area contributed by atoms with Crippen molar-refractivity contribution in [1.82, 2.24) is 5.32 Å². The van der Waals surface area contributed by atoms with Gasteiger partial charge in [0.2, 0.25) is 0 Å². The van der Waals surface area contributed by atoms with Crippen LogP contribution < -0.4 is 15.8 Å². The minimum atomic E-state index is 0. The van der Waals surface area contributed by atoms with Crippen molar-refractivity contribution in [2.45, 2.75) is 39.8 Å². The second-order valence-electron chi connectivity index (χ2n) is 4.47. The Labute approximate surface area is 132 Å². The molecule has 0 fully saturated rings. The average Bonchev–Trinajstić information content (AvgIpc) is 2.36. The zero-order valence-corrected chi connectivity index (χ0v) is 14.4. The summed E-state index contributed by atoms with van der Waals surface area (Å²) < 4.78 is 5.33. The Kier molecular flexibility index (Phi) is 8.54. The quantitative estimate of drug-likeness (QED) is 0.471. The van der Waals surface area contributed by atoms with Gasteiger partial charge in [-0.25, -0.2) is 4.99 Å². The zero-order valence-electron chi connectivity index (χ0n) is 12.1. The number of benzene rings is 1. The summed E-state index contributed by atoms with van der Waals surface area (Å²) in [7, 11) is 1.67. The lowest BCUT2D eigenvalue weighted by molar-refractivity contribution is 0.409. The van der Waals surface area contributed by atoms with Gasteiger partial charge in [0.1, 0.15) is 5.75 Å². The van der Waals surface area contributed by atoms with Gasteiger partial charge in [0.25, 0.3) is 0 Å². The van der Waals surface area contributed by atoms with Crippen molar-refractivity contribution in [2.24, 2.45) is 10.7 Å². The number of hydrogen-bond acceptors (Lipinski definition) is 2. The Balaban J connectivity index is 0.00000324. The molecule has 5 heteroatoms. The molecular weight excluding hydrogens is 353 g/mol. The second-order valence-corrected chi connectivity index (χ2v) is 4.47. The summed E-state index contributed by atoms with van der Waals surface area (Å²) in [6.45, 7) is 6.75. The highest BCUT2D eigenvalue weighted by atomic mass is 127. The van der Waals surface area contributed by atoms with E-state index in [4.69, 9.17) is 10.5 Å². The summed E-state index contributed by atoms with van der Waals surface area (Å²) >= 11 is 0. The molecule has 0 bridgehead atoms. The van der Waals surface area contributed by atoms with Crippen molar-refractivity contribution in [3.8, 4) is 5.75 Å². The molecule has 0 aromatic heterocycles. The Morgan fingerprint density at radius 3 is 2.74 bits per heavy atom. The number of nitrogens with one attached hydrogen (secondary N) is 1. The van der Waals surface area contributed by atoms with Gasteiger partial charge in [0, 0.05) is 11.6 Å². The largest absolute Gasteiger partial charge is 0.496 e. The summed E-state index contributed by atoms with van der Waals surface area (Å²) in [6.07, 6.45) is 1.02. The van der Waals surface area contributed by atoms with Gasteiger partial charge in [-0.1, -0.05) is 19.1 Å². The van der Waals surface area contributed by atoms with Crippen LogP contribution in [0.15, 0.2) is 23.2 Å². The van der Waals surface area contributed by atoms with E-state index in [1.165, 1.54) is 5.56 Å². The molecule has 0 heterocycles. The minimum Gasteiger partial charge on any atom is -0.496 e. The molecule has 0 spiro atoms. The molecule has 0 aliphatic carbocycles. The molecule has 0 aliphatic rings. The van der Waals surface area contributed by atoms with Crippen LogP contribution in [-0.2, 0) is 6.54 Å². The zero-order chi connectivity index (χ0) is 13.5. The number of halogens is 1.